The van der Waals surface area contributed by atoms with Crippen molar-refractivity contribution < 1.29 is 9.53 Å². The summed E-state index contributed by atoms with van der Waals surface area (Å²) in [7, 11) is 0. The van der Waals surface area contributed by atoms with Crippen molar-refractivity contribution >= 4 is 22.6 Å². The van der Waals surface area contributed by atoms with Gasteiger partial charge in [0.2, 0.25) is 0 Å². The number of aromatic nitrogens is 3. The van der Waals surface area contributed by atoms with Gasteiger partial charge >= 0.3 is 0 Å². The van der Waals surface area contributed by atoms with Crippen molar-refractivity contribution in [1.82, 2.24) is 15.0 Å². The molecule has 0 aliphatic rings. The zero-order chi connectivity index (χ0) is 24.1. The molecule has 34 heavy (non-hydrogen) atoms. The van der Waals surface area contributed by atoms with E-state index in [1.807, 2.05) is 50.2 Å². The van der Waals surface area contributed by atoms with Gasteiger partial charge < -0.3 is 10.1 Å². The van der Waals surface area contributed by atoms with Crippen LogP contribution < -0.4 is 10.1 Å². The number of aryl methyl sites for hydroxylation is 2. The van der Waals surface area contributed by atoms with E-state index in [1.54, 1.807) is 16.9 Å². The van der Waals surface area contributed by atoms with Crippen LogP contribution >= 0.6 is 0 Å². The lowest BCUT2D eigenvalue weighted by molar-refractivity contribution is 0.102. The number of nitrogens with zero attached hydrogens (tertiary/aromatic N) is 3. The minimum absolute atomic E-state index is 0.140. The second kappa shape index (κ2) is 10.5. The minimum atomic E-state index is -0.174. The Morgan fingerprint density at radius 3 is 2.32 bits per heavy atom. The molecule has 1 heterocycles. The first kappa shape index (κ1) is 23.5. The molecule has 1 atom stereocenters. The Bertz CT molecular complexity index is 1260. The van der Waals surface area contributed by atoms with Gasteiger partial charge in [-0.1, -0.05) is 32.4 Å². The topological polar surface area (TPSA) is 69.0 Å². The average molecular weight is 457 g/mol. The summed E-state index contributed by atoms with van der Waals surface area (Å²) >= 11 is 0. The molecule has 1 N–H and O–H groups in total. The Morgan fingerprint density at radius 2 is 1.68 bits per heavy atom. The van der Waals surface area contributed by atoms with Crippen LogP contribution in [-0.2, 0) is 6.42 Å². The number of amides is 1. The zero-order valence-corrected chi connectivity index (χ0v) is 20.3. The third-order valence-electron chi connectivity index (χ3n) is 5.99. The van der Waals surface area contributed by atoms with E-state index in [0.717, 1.165) is 46.6 Å². The number of unbranched alkanes of at least 4 members (excludes halogenated alkanes) is 1. The van der Waals surface area contributed by atoms with Crippen molar-refractivity contribution in [2.45, 2.75) is 59.5 Å². The molecule has 0 radical (unpaired) electrons. The van der Waals surface area contributed by atoms with Gasteiger partial charge in [-0.3, -0.25) is 4.79 Å². The van der Waals surface area contributed by atoms with Gasteiger partial charge in [0, 0.05) is 11.3 Å². The van der Waals surface area contributed by atoms with Gasteiger partial charge in [0.05, 0.1) is 11.8 Å². The fourth-order valence-corrected chi connectivity index (χ4v) is 3.69. The molecule has 176 valence electrons. The molecule has 0 aliphatic carbocycles. The second-order valence-corrected chi connectivity index (χ2v) is 8.73. The maximum atomic E-state index is 12.8. The Labute approximate surface area is 200 Å². The molecule has 0 unspecified atom stereocenters. The van der Waals surface area contributed by atoms with Gasteiger partial charge in [-0.15, -0.1) is 10.2 Å². The van der Waals surface area contributed by atoms with Gasteiger partial charge in [-0.2, -0.15) is 4.80 Å². The van der Waals surface area contributed by atoms with E-state index in [-0.39, 0.29) is 12.0 Å². The van der Waals surface area contributed by atoms with Crippen LogP contribution in [0.3, 0.4) is 0 Å². The molecule has 0 saturated heterocycles. The van der Waals surface area contributed by atoms with E-state index >= 15 is 0 Å². The highest BCUT2D eigenvalue weighted by Crippen LogP contribution is 2.24. The van der Waals surface area contributed by atoms with E-state index in [2.05, 4.69) is 41.5 Å². The predicted molar refractivity (Wildman–Crippen MR) is 137 cm³/mol. The lowest BCUT2D eigenvalue weighted by atomic mass is 10.1. The van der Waals surface area contributed by atoms with E-state index in [4.69, 9.17) is 4.74 Å². The summed E-state index contributed by atoms with van der Waals surface area (Å²) in [6.45, 7) is 8.26. The highest BCUT2D eigenvalue weighted by atomic mass is 16.5. The number of carbonyl (C=O) groups excluding carboxylic acids is 1. The minimum Gasteiger partial charge on any atom is -0.491 e. The number of rotatable bonds is 9. The molecule has 6 heteroatoms. The monoisotopic (exact) mass is 456 g/mol. The smallest absolute Gasteiger partial charge is 0.255 e. The Morgan fingerprint density at radius 1 is 1.00 bits per heavy atom. The van der Waals surface area contributed by atoms with Crippen LogP contribution in [0.1, 0.15) is 61.5 Å². The number of hydrogen-bond donors (Lipinski definition) is 1. The van der Waals surface area contributed by atoms with Crippen molar-refractivity contribution in [3.8, 4) is 11.4 Å². The van der Waals surface area contributed by atoms with Crippen molar-refractivity contribution in [1.29, 1.82) is 0 Å². The fourth-order valence-electron chi connectivity index (χ4n) is 3.69. The van der Waals surface area contributed by atoms with Gasteiger partial charge in [0.1, 0.15) is 16.8 Å². The summed E-state index contributed by atoms with van der Waals surface area (Å²) in [6.07, 6.45) is 4.53. The lowest BCUT2D eigenvalue weighted by Gasteiger charge is -2.13. The number of benzene rings is 3. The molecule has 6 nitrogen and oxygen atoms in total. The second-order valence-electron chi connectivity index (χ2n) is 8.73. The molecule has 4 aromatic rings. The lowest BCUT2D eigenvalue weighted by Crippen LogP contribution is -2.13. The van der Waals surface area contributed by atoms with Crippen molar-refractivity contribution in [2.75, 3.05) is 5.32 Å². The van der Waals surface area contributed by atoms with Crippen LogP contribution in [0.15, 0.2) is 60.7 Å². The molecule has 0 fully saturated rings. The molecule has 0 aliphatic heterocycles. The summed E-state index contributed by atoms with van der Waals surface area (Å²) in [6, 6.07) is 19.4. The molecule has 0 spiro atoms. The number of fused-ring (bicyclic) bond motifs is 1. The first-order valence-electron chi connectivity index (χ1n) is 12.0. The van der Waals surface area contributed by atoms with Gasteiger partial charge in [-0.25, -0.2) is 0 Å². The Balaban J connectivity index is 1.50. The first-order valence-corrected chi connectivity index (χ1v) is 12.0. The maximum Gasteiger partial charge on any atom is 0.255 e. The fraction of sp³-hybridized carbons (Fsp3) is 0.321. The standard InChI is InChI=1S/C28H32N4O2/c1-5-7-8-21-9-13-23(14-10-21)32-30-26-17-19(3)25(18-27(26)31-32)29-28(33)22-11-15-24(16-12-22)34-20(4)6-2/h9-18,20H,5-8H2,1-4H3,(H,29,33)/t20-/m1/s1. The van der Waals surface area contributed by atoms with Crippen molar-refractivity contribution in [3.05, 3.63) is 77.4 Å². The van der Waals surface area contributed by atoms with E-state index in [9.17, 15) is 4.79 Å². The first-order chi connectivity index (χ1) is 16.5. The molecule has 1 aromatic heterocycles. The van der Waals surface area contributed by atoms with Gasteiger partial charge in [-0.05, 0) is 92.8 Å². The summed E-state index contributed by atoms with van der Waals surface area (Å²) in [4.78, 5) is 14.5. The SMILES string of the molecule is CCCCc1ccc(-n2nc3cc(C)c(NC(=O)c4ccc(O[C@H](C)CC)cc4)cc3n2)cc1. The molecule has 0 bridgehead atoms. The van der Waals surface area contributed by atoms with Crippen molar-refractivity contribution in [2.24, 2.45) is 0 Å². The maximum absolute atomic E-state index is 12.8. The number of nitrogens with one attached hydrogen (secondary N) is 1. The van der Waals surface area contributed by atoms with E-state index in [1.165, 1.54) is 18.4 Å². The summed E-state index contributed by atoms with van der Waals surface area (Å²) in [5.74, 6) is 0.589. The quantitative estimate of drug-likeness (QED) is 0.312. The highest BCUT2D eigenvalue weighted by Gasteiger charge is 2.12. The van der Waals surface area contributed by atoms with E-state index < -0.39 is 0 Å². The van der Waals surface area contributed by atoms with Crippen LogP contribution in [0, 0.1) is 6.92 Å². The van der Waals surface area contributed by atoms with Gasteiger partial charge in [0.15, 0.2) is 0 Å². The summed E-state index contributed by atoms with van der Waals surface area (Å²) in [5.41, 5.74) is 5.98. The average Bonchev–Trinajstić information content (AvgIpc) is 3.26. The van der Waals surface area contributed by atoms with E-state index in [0.29, 0.717) is 5.56 Å². The normalized spacial score (nSPS) is 12.0. The Kier molecular flexibility index (Phi) is 7.26. The summed E-state index contributed by atoms with van der Waals surface area (Å²) < 4.78 is 5.80. The molecular formula is C28H32N4O2. The van der Waals surface area contributed by atoms with Crippen LogP contribution in [0.2, 0.25) is 0 Å². The third-order valence-corrected chi connectivity index (χ3v) is 5.99. The Hall–Kier alpha value is -3.67. The molecule has 1 amide bonds. The molecule has 3 aromatic carbocycles. The number of ether oxygens (including phenoxy) is 1. The van der Waals surface area contributed by atoms with Crippen LogP contribution in [0.4, 0.5) is 5.69 Å². The third kappa shape index (κ3) is 5.45. The largest absolute Gasteiger partial charge is 0.491 e. The number of hydrogen-bond acceptors (Lipinski definition) is 4. The number of carbonyl (C=O) groups is 1. The number of anilines is 1. The van der Waals surface area contributed by atoms with Crippen LogP contribution in [0.25, 0.3) is 16.7 Å². The van der Waals surface area contributed by atoms with Crippen LogP contribution in [-0.4, -0.2) is 27.0 Å². The molecule has 0 saturated carbocycles. The highest BCUT2D eigenvalue weighted by molar-refractivity contribution is 6.05. The zero-order valence-electron chi connectivity index (χ0n) is 20.3. The molecule has 4 rings (SSSR count). The van der Waals surface area contributed by atoms with Gasteiger partial charge in [0.25, 0.3) is 5.91 Å². The summed E-state index contributed by atoms with van der Waals surface area (Å²) in [5, 5.41) is 12.3. The van der Waals surface area contributed by atoms with Crippen molar-refractivity contribution in [3.63, 3.8) is 0 Å². The predicted octanol–water partition coefficient (Wildman–Crippen LogP) is 6.50. The van der Waals surface area contributed by atoms with Crippen LogP contribution in [0.5, 0.6) is 5.75 Å². The molecular weight excluding hydrogens is 424 g/mol.